The molecular formula is C41H62FN5O11. The molecule has 3 heterocycles. The van der Waals surface area contributed by atoms with Gasteiger partial charge in [-0.25, -0.2) is 9.18 Å². The van der Waals surface area contributed by atoms with Crippen LogP contribution in [-0.2, 0) is 44.6 Å². The maximum absolute atomic E-state index is 14.4. The van der Waals surface area contributed by atoms with Crippen LogP contribution in [0.25, 0.3) is 11.3 Å². The third kappa shape index (κ3) is 10.6. The second-order valence-corrected chi connectivity index (χ2v) is 16.5. The summed E-state index contributed by atoms with van der Waals surface area (Å²) in [6.45, 7) is 12.9. The molecule has 324 valence electrons. The zero-order valence-corrected chi connectivity index (χ0v) is 35.5. The van der Waals surface area contributed by atoms with Gasteiger partial charge in [-0.2, -0.15) is 0 Å². The number of Topliss-reactive ketones (excluding diaryl/α,β-unsaturated/α-hetero) is 2. The first-order valence-electron chi connectivity index (χ1n) is 20.0. The van der Waals surface area contributed by atoms with Gasteiger partial charge in [0.05, 0.1) is 36.5 Å². The van der Waals surface area contributed by atoms with E-state index in [1.165, 1.54) is 44.7 Å². The van der Waals surface area contributed by atoms with E-state index in [1.807, 2.05) is 25.9 Å². The van der Waals surface area contributed by atoms with Crippen molar-refractivity contribution < 1.29 is 57.5 Å². The lowest BCUT2D eigenvalue weighted by Gasteiger charge is -2.47. The molecule has 2 aliphatic rings. The molecule has 0 spiro atoms. The predicted molar refractivity (Wildman–Crippen MR) is 208 cm³/mol. The molecule has 1 aromatic carbocycles. The van der Waals surface area contributed by atoms with Crippen LogP contribution in [0.2, 0.25) is 0 Å². The van der Waals surface area contributed by atoms with Crippen LogP contribution in [0.3, 0.4) is 0 Å². The van der Waals surface area contributed by atoms with Crippen LogP contribution >= 0.6 is 0 Å². The van der Waals surface area contributed by atoms with Gasteiger partial charge in [0.1, 0.15) is 47.1 Å². The predicted octanol–water partition coefficient (Wildman–Crippen LogP) is 3.55. The number of nitrogens with one attached hydrogen (secondary N) is 1. The number of cyclic esters (lactones) is 1. The zero-order valence-electron chi connectivity index (χ0n) is 35.5. The molecule has 1 aromatic heterocycles. The molecule has 3 N–H and O–H groups in total. The number of rotatable bonds is 10. The number of benzene rings is 1. The number of carbonyl (C=O) groups excluding carboxylic acids is 4. The first-order chi connectivity index (χ1) is 27.1. The van der Waals surface area contributed by atoms with E-state index in [1.54, 1.807) is 46.0 Å². The number of hydrogen-bond acceptors (Lipinski definition) is 14. The lowest BCUT2D eigenvalue weighted by atomic mass is 9.74. The molecule has 1 amide bonds. The summed E-state index contributed by atoms with van der Waals surface area (Å²) in [6.07, 6.45) is -5.34. The van der Waals surface area contributed by atoms with Gasteiger partial charge in [-0.15, -0.1) is 5.10 Å². The first kappa shape index (κ1) is 46.8. The van der Waals surface area contributed by atoms with Gasteiger partial charge in [-0.3, -0.25) is 19.1 Å². The fourth-order valence-corrected chi connectivity index (χ4v) is 8.26. The van der Waals surface area contributed by atoms with Crippen molar-refractivity contribution in [2.75, 3.05) is 27.7 Å². The Hall–Kier alpha value is -3.87. The van der Waals surface area contributed by atoms with Crippen LogP contribution in [-0.4, -0.2) is 136 Å². The number of amides is 1. The Morgan fingerprint density at radius 3 is 2.38 bits per heavy atom. The number of esters is 1. The smallest absolute Gasteiger partial charge is 0.407 e. The van der Waals surface area contributed by atoms with Crippen LogP contribution in [0.1, 0.15) is 74.7 Å². The van der Waals surface area contributed by atoms with E-state index in [-0.39, 0.29) is 38.1 Å². The number of aromatic nitrogens is 3. The van der Waals surface area contributed by atoms with E-state index in [4.69, 9.17) is 23.7 Å². The van der Waals surface area contributed by atoms with Gasteiger partial charge in [0.2, 0.25) is 0 Å². The van der Waals surface area contributed by atoms with Crippen molar-refractivity contribution in [2.24, 2.45) is 23.7 Å². The van der Waals surface area contributed by atoms with Crippen molar-refractivity contribution in [3.05, 3.63) is 36.3 Å². The molecule has 0 saturated carbocycles. The van der Waals surface area contributed by atoms with Crippen LogP contribution in [0.5, 0.6) is 0 Å². The second-order valence-electron chi connectivity index (χ2n) is 16.5. The Balaban J connectivity index is 1.62. The van der Waals surface area contributed by atoms with Gasteiger partial charge in [0.25, 0.3) is 0 Å². The number of aliphatic hydroxyl groups excluding tert-OH is 1. The number of methoxy groups -OCH3 is 1. The number of nitrogens with zero attached hydrogens (tertiary/aromatic N) is 4. The van der Waals surface area contributed by atoms with Crippen molar-refractivity contribution in [3.63, 3.8) is 0 Å². The molecule has 13 atom stereocenters. The van der Waals surface area contributed by atoms with Gasteiger partial charge in [-0.1, -0.05) is 45.0 Å². The molecule has 16 nitrogen and oxygen atoms in total. The van der Waals surface area contributed by atoms with E-state index >= 15 is 0 Å². The third-order valence-electron chi connectivity index (χ3n) is 11.8. The normalized spacial score (nSPS) is 35.6. The minimum Gasteiger partial charge on any atom is -0.459 e. The highest BCUT2D eigenvalue weighted by Gasteiger charge is 2.53. The number of carbonyl (C=O) groups is 4. The summed E-state index contributed by atoms with van der Waals surface area (Å²) in [5.41, 5.74) is -2.52. The molecule has 2 aromatic rings. The summed E-state index contributed by atoms with van der Waals surface area (Å²) < 4.78 is 45.5. The molecular weight excluding hydrogens is 757 g/mol. The van der Waals surface area contributed by atoms with Crippen molar-refractivity contribution >= 4 is 23.6 Å². The fraction of sp³-hybridized carbons (Fsp3) is 0.707. The summed E-state index contributed by atoms with van der Waals surface area (Å²) in [7, 11) is 5.10. The van der Waals surface area contributed by atoms with Crippen LogP contribution < -0.4 is 5.32 Å². The Labute approximate surface area is 340 Å². The highest BCUT2D eigenvalue weighted by atomic mass is 19.1. The second kappa shape index (κ2) is 19.5. The maximum atomic E-state index is 14.4. The molecule has 0 bridgehead atoms. The summed E-state index contributed by atoms with van der Waals surface area (Å²) in [4.78, 5) is 57.6. The summed E-state index contributed by atoms with van der Waals surface area (Å²) in [6, 6.07) is 5.57. The molecule has 58 heavy (non-hydrogen) atoms. The average molecular weight is 820 g/mol. The zero-order chi connectivity index (χ0) is 43.3. The Kier molecular flexibility index (Phi) is 15.7. The molecule has 17 heteroatoms. The average Bonchev–Trinajstić information content (AvgIpc) is 3.65. The quantitative estimate of drug-likeness (QED) is 0.232. The monoisotopic (exact) mass is 819 g/mol. The lowest BCUT2D eigenvalue weighted by Crippen LogP contribution is -2.60. The number of ether oxygens (including phenoxy) is 5. The van der Waals surface area contributed by atoms with Gasteiger partial charge >= 0.3 is 12.1 Å². The standard InChI is InChI=1S/C41H62FN5O11/c1-12-31-41(8,53)36(58-39(52)43-16-17-47-21-29(44-45-47)27-14-13-15-28(42)19-27)24(4)32(48)22(2)20-40(7,54-11)35(25(5)33(49)26(6)37(51)56-31)57-38-34(50)30(46(9)10)18-23(3)55-38/h13-15,19,21-26,30-31,34-36,38,50,53H,12,16-18,20H2,1-11H3,(H,43,52)/t22-,23+,24+,25+,26-,30-,31-,34+,35-,36-,38-,40-,41-/m1/s1. The highest BCUT2D eigenvalue weighted by molar-refractivity contribution is 6.00. The lowest BCUT2D eigenvalue weighted by molar-refractivity contribution is -0.295. The van der Waals surface area contributed by atoms with Gasteiger partial charge in [0, 0.05) is 37.1 Å². The number of ketones is 2. The molecule has 2 fully saturated rings. The largest absolute Gasteiger partial charge is 0.459 e. The van der Waals surface area contributed by atoms with E-state index in [0.29, 0.717) is 17.7 Å². The molecule has 0 radical (unpaired) electrons. The van der Waals surface area contributed by atoms with Gasteiger partial charge < -0.3 is 44.1 Å². The first-order valence-corrected chi connectivity index (χ1v) is 20.0. The Morgan fingerprint density at radius 2 is 1.76 bits per heavy atom. The van der Waals surface area contributed by atoms with E-state index in [9.17, 15) is 33.8 Å². The third-order valence-corrected chi connectivity index (χ3v) is 11.8. The van der Waals surface area contributed by atoms with Gasteiger partial charge in [-0.05, 0) is 73.2 Å². The van der Waals surface area contributed by atoms with Crippen LogP contribution in [0.15, 0.2) is 30.5 Å². The summed E-state index contributed by atoms with van der Waals surface area (Å²) >= 11 is 0. The molecule has 2 saturated heterocycles. The summed E-state index contributed by atoms with van der Waals surface area (Å²) in [5, 5.41) is 34.2. The topological polar surface area (TPSA) is 201 Å². The van der Waals surface area contributed by atoms with E-state index < -0.39 is 95.0 Å². The molecule has 0 unspecified atom stereocenters. The number of alkyl carbamates (subject to hydrolysis) is 1. The molecule has 0 aliphatic carbocycles. The number of likely N-dealkylation sites (N-methyl/N-ethyl adjacent to an activating group) is 1. The van der Waals surface area contributed by atoms with Crippen molar-refractivity contribution in [1.29, 1.82) is 0 Å². The minimum absolute atomic E-state index is 0.00293. The number of aliphatic hydroxyl groups is 2. The Morgan fingerprint density at radius 1 is 1.09 bits per heavy atom. The SMILES string of the molecule is CC[C@H]1OC(=O)[C@H](C)C(=O)[C@H](C)[C@@H](O[C@H]2O[C@@H](C)C[C@@H](N(C)C)[C@@H]2O)[C@](C)(OC)C[C@@H](C)C(=O)[C@H](C)[C@@H](OC(=O)NCCn2cc(-c3cccc(F)c3)nn2)[C@]1(C)O. The van der Waals surface area contributed by atoms with Crippen LogP contribution in [0, 0.1) is 29.5 Å². The summed E-state index contributed by atoms with van der Waals surface area (Å²) in [5.74, 6) is -6.63. The van der Waals surface area contributed by atoms with Gasteiger partial charge in [0.15, 0.2) is 12.1 Å². The van der Waals surface area contributed by atoms with Crippen molar-refractivity contribution in [2.45, 2.75) is 135 Å². The van der Waals surface area contributed by atoms with Crippen molar-refractivity contribution in [3.8, 4) is 11.3 Å². The number of halogens is 1. The number of hydrogen-bond donors (Lipinski definition) is 3. The highest BCUT2D eigenvalue weighted by Crippen LogP contribution is 2.39. The Bertz CT molecular complexity index is 1740. The van der Waals surface area contributed by atoms with Crippen molar-refractivity contribution in [1.82, 2.24) is 25.2 Å². The minimum atomic E-state index is -2.11. The fourth-order valence-electron chi connectivity index (χ4n) is 8.26. The van der Waals surface area contributed by atoms with E-state index in [2.05, 4.69) is 15.6 Å². The molecule has 4 rings (SSSR count). The van der Waals surface area contributed by atoms with E-state index in [0.717, 1.165) is 0 Å². The van der Waals surface area contributed by atoms with Crippen LogP contribution in [0.4, 0.5) is 9.18 Å². The maximum Gasteiger partial charge on any atom is 0.407 e. The molecule has 2 aliphatic heterocycles.